The number of hydrogen-bond acceptors (Lipinski definition) is 3. The average molecular weight is 260 g/mol. The van der Waals surface area contributed by atoms with Crippen LogP contribution >= 0.6 is 11.3 Å². The molecule has 1 atom stereocenters. The Labute approximate surface area is 110 Å². The summed E-state index contributed by atoms with van der Waals surface area (Å²) >= 11 is 1.70. The lowest BCUT2D eigenvalue weighted by molar-refractivity contribution is 0.625. The fourth-order valence-electron chi connectivity index (χ4n) is 1.75. The molecule has 0 amide bonds. The lowest BCUT2D eigenvalue weighted by atomic mass is 10.1. The first-order valence-electron chi connectivity index (χ1n) is 5.67. The summed E-state index contributed by atoms with van der Waals surface area (Å²) < 4.78 is 13.7. The number of nitrogens with zero attached hydrogens (tertiary/aromatic N) is 1. The molecule has 1 heterocycles. The number of rotatable bonds is 4. The standard InChI is InChI=1S/C14H13FN2S/c1-10(7-12-3-2-6-18-12)17-14-5-4-11(9-16)8-13(14)15/h2-6,8,10,17H,7H2,1H3. The van der Waals surface area contributed by atoms with Crippen LogP contribution in [0.4, 0.5) is 10.1 Å². The molecule has 2 aromatic rings. The van der Waals surface area contributed by atoms with E-state index in [2.05, 4.69) is 11.4 Å². The van der Waals surface area contributed by atoms with Crippen molar-refractivity contribution in [2.45, 2.75) is 19.4 Å². The fourth-order valence-corrected chi connectivity index (χ4v) is 2.58. The van der Waals surface area contributed by atoms with Crippen molar-refractivity contribution >= 4 is 17.0 Å². The number of halogens is 1. The number of thiophene rings is 1. The van der Waals surface area contributed by atoms with Gasteiger partial charge in [0.05, 0.1) is 17.3 Å². The van der Waals surface area contributed by atoms with E-state index in [4.69, 9.17) is 5.26 Å². The van der Waals surface area contributed by atoms with Crippen LogP contribution in [0.25, 0.3) is 0 Å². The molecule has 0 bridgehead atoms. The van der Waals surface area contributed by atoms with E-state index in [9.17, 15) is 4.39 Å². The van der Waals surface area contributed by atoms with Crippen molar-refractivity contribution in [3.05, 3.63) is 52.0 Å². The van der Waals surface area contributed by atoms with Gasteiger partial charge in [0.1, 0.15) is 5.82 Å². The minimum Gasteiger partial charge on any atom is -0.380 e. The normalized spacial score (nSPS) is 11.8. The summed E-state index contributed by atoms with van der Waals surface area (Å²) in [4.78, 5) is 1.27. The van der Waals surface area contributed by atoms with Gasteiger partial charge < -0.3 is 5.32 Å². The number of anilines is 1. The van der Waals surface area contributed by atoms with Crippen LogP contribution in [0.3, 0.4) is 0 Å². The zero-order valence-corrected chi connectivity index (χ0v) is 10.8. The Morgan fingerprint density at radius 3 is 2.89 bits per heavy atom. The molecule has 1 N–H and O–H groups in total. The quantitative estimate of drug-likeness (QED) is 0.907. The van der Waals surface area contributed by atoms with Gasteiger partial charge in [-0.3, -0.25) is 0 Å². The summed E-state index contributed by atoms with van der Waals surface area (Å²) in [5.41, 5.74) is 0.780. The highest BCUT2D eigenvalue weighted by molar-refractivity contribution is 7.09. The lowest BCUT2D eigenvalue weighted by Crippen LogP contribution is -2.18. The number of nitrogens with one attached hydrogen (secondary N) is 1. The Kier molecular flexibility index (Phi) is 3.96. The maximum absolute atomic E-state index is 13.7. The highest BCUT2D eigenvalue weighted by atomic mass is 32.1. The summed E-state index contributed by atoms with van der Waals surface area (Å²) in [6, 6.07) is 10.6. The van der Waals surface area contributed by atoms with Gasteiger partial charge in [-0.05, 0) is 36.6 Å². The van der Waals surface area contributed by atoms with E-state index in [-0.39, 0.29) is 11.9 Å². The maximum Gasteiger partial charge on any atom is 0.147 e. The van der Waals surface area contributed by atoms with Crippen LogP contribution in [-0.2, 0) is 6.42 Å². The first kappa shape index (κ1) is 12.6. The zero-order valence-electron chi connectivity index (χ0n) is 9.98. The zero-order chi connectivity index (χ0) is 13.0. The maximum atomic E-state index is 13.7. The topological polar surface area (TPSA) is 35.8 Å². The van der Waals surface area contributed by atoms with E-state index in [1.54, 1.807) is 23.5 Å². The van der Waals surface area contributed by atoms with E-state index >= 15 is 0 Å². The van der Waals surface area contributed by atoms with E-state index < -0.39 is 0 Å². The van der Waals surface area contributed by atoms with Crippen LogP contribution in [0.15, 0.2) is 35.7 Å². The molecular formula is C14H13FN2S. The van der Waals surface area contributed by atoms with Crippen molar-refractivity contribution in [1.82, 2.24) is 0 Å². The van der Waals surface area contributed by atoms with Crippen molar-refractivity contribution in [2.24, 2.45) is 0 Å². The summed E-state index contributed by atoms with van der Waals surface area (Å²) in [6.45, 7) is 2.01. The minimum absolute atomic E-state index is 0.145. The summed E-state index contributed by atoms with van der Waals surface area (Å²) in [7, 11) is 0. The van der Waals surface area contributed by atoms with Gasteiger partial charge in [0.2, 0.25) is 0 Å². The second-order valence-electron chi connectivity index (χ2n) is 4.14. The van der Waals surface area contributed by atoms with Crippen LogP contribution < -0.4 is 5.32 Å². The molecule has 1 aromatic carbocycles. The number of nitriles is 1. The third kappa shape index (κ3) is 3.08. The second kappa shape index (κ2) is 5.65. The lowest BCUT2D eigenvalue weighted by Gasteiger charge is -2.15. The van der Waals surface area contributed by atoms with Gasteiger partial charge in [-0.2, -0.15) is 5.26 Å². The van der Waals surface area contributed by atoms with Crippen LogP contribution in [0, 0.1) is 17.1 Å². The van der Waals surface area contributed by atoms with Gasteiger partial charge in [-0.25, -0.2) is 4.39 Å². The first-order valence-corrected chi connectivity index (χ1v) is 6.55. The predicted molar refractivity (Wildman–Crippen MR) is 72.2 cm³/mol. The molecule has 0 spiro atoms. The Bertz CT molecular complexity index is 558. The van der Waals surface area contributed by atoms with Crippen LogP contribution in [0.5, 0.6) is 0 Å². The molecule has 2 nitrogen and oxygen atoms in total. The van der Waals surface area contributed by atoms with Gasteiger partial charge in [-0.1, -0.05) is 6.07 Å². The molecule has 2 rings (SSSR count). The second-order valence-corrected chi connectivity index (χ2v) is 5.17. The first-order chi connectivity index (χ1) is 8.69. The van der Waals surface area contributed by atoms with Crippen LogP contribution in [0.2, 0.25) is 0 Å². The molecule has 0 fully saturated rings. The summed E-state index contributed by atoms with van der Waals surface area (Å²) in [6.07, 6.45) is 0.858. The summed E-state index contributed by atoms with van der Waals surface area (Å²) in [5, 5.41) is 13.8. The van der Waals surface area contributed by atoms with E-state index in [1.165, 1.54) is 10.9 Å². The van der Waals surface area contributed by atoms with Gasteiger partial charge in [0.15, 0.2) is 0 Å². The molecule has 1 unspecified atom stereocenters. The van der Waals surface area contributed by atoms with Crippen molar-refractivity contribution in [3.8, 4) is 6.07 Å². The van der Waals surface area contributed by atoms with Crippen molar-refractivity contribution in [1.29, 1.82) is 5.26 Å². The van der Waals surface area contributed by atoms with Crippen molar-refractivity contribution < 1.29 is 4.39 Å². The molecule has 0 aliphatic carbocycles. The number of benzene rings is 1. The monoisotopic (exact) mass is 260 g/mol. The molecule has 0 saturated heterocycles. The fraction of sp³-hybridized carbons (Fsp3) is 0.214. The Balaban J connectivity index is 2.03. The Hall–Kier alpha value is -1.86. The minimum atomic E-state index is -0.382. The smallest absolute Gasteiger partial charge is 0.147 e. The van der Waals surface area contributed by atoms with E-state index in [1.807, 2.05) is 24.4 Å². The van der Waals surface area contributed by atoms with E-state index in [0.717, 1.165) is 6.42 Å². The van der Waals surface area contributed by atoms with Gasteiger partial charge in [0, 0.05) is 17.3 Å². The molecular weight excluding hydrogens is 247 g/mol. The molecule has 92 valence electrons. The predicted octanol–water partition coefficient (Wildman–Crippen LogP) is 3.80. The van der Waals surface area contributed by atoms with E-state index in [0.29, 0.717) is 11.3 Å². The van der Waals surface area contributed by atoms with Crippen molar-refractivity contribution in [2.75, 3.05) is 5.32 Å². The number of hydrogen-bond donors (Lipinski definition) is 1. The average Bonchev–Trinajstić information content (AvgIpc) is 2.84. The Morgan fingerprint density at radius 2 is 2.28 bits per heavy atom. The SMILES string of the molecule is CC(Cc1cccs1)Nc1ccc(C#N)cc1F. The van der Waals surface area contributed by atoms with Crippen LogP contribution in [-0.4, -0.2) is 6.04 Å². The Morgan fingerprint density at radius 1 is 1.44 bits per heavy atom. The molecule has 0 aliphatic rings. The summed E-state index contributed by atoms with van der Waals surface area (Å²) in [5.74, 6) is -0.382. The largest absolute Gasteiger partial charge is 0.380 e. The molecule has 0 saturated carbocycles. The van der Waals surface area contributed by atoms with Gasteiger partial charge >= 0.3 is 0 Å². The molecule has 4 heteroatoms. The van der Waals surface area contributed by atoms with Gasteiger partial charge in [0.25, 0.3) is 0 Å². The third-order valence-electron chi connectivity index (χ3n) is 2.59. The third-order valence-corrected chi connectivity index (χ3v) is 3.49. The molecule has 1 aromatic heterocycles. The van der Waals surface area contributed by atoms with Crippen LogP contribution in [0.1, 0.15) is 17.4 Å². The molecule has 0 aliphatic heterocycles. The highest BCUT2D eigenvalue weighted by Gasteiger charge is 2.08. The molecule has 0 radical (unpaired) electrons. The highest BCUT2D eigenvalue weighted by Crippen LogP contribution is 2.18. The molecule has 18 heavy (non-hydrogen) atoms. The van der Waals surface area contributed by atoms with Crippen molar-refractivity contribution in [3.63, 3.8) is 0 Å². The van der Waals surface area contributed by atoms with Gasteiger partial charge in [-0.15, -0.1) is 11.3 Å².